The lowest BCUT2D eigenvalue weighted by atomic mass is 10.0. The van der Waals surface area contributed by atoms with Gasteiger partial charge in [-0.3, -0.25) is 4.79 Å². The standard InChI is InChI=1S/C22H24ClN5OS/c1-3-7-18-25-26-22-28(18)27-19(15-10-12-16(23)13-11-15)20(30-22)21(29)24-17-9-6-5-8-14(17)4-2/h5-6,8-13,19-20,27H,3-4,7H2,1-2H3,(H,24,29)/t19-,20-/m1/s1. The van der Waals surface area contributed by atoms with E-state index in [-0.39, 0.29) is 11.9 Å². The van der Waals surface area contributed by atoms with E-state index in [0.29, 0.717) is 10.2 Å². The van der Waals surface area contributed by atoms with Gasteiger partial charge in [0.1, 0.15) is 5.25 Å². The van der Waals surface area contributed by atoms with E-state index in [9.17, 15) is 4.79 Å². The predicted molar refractivity (Wildman–Crippen MR) is 122 cm³/mol. The first-order valence-corrected chi connectivity index (χ1v) is 11.4. The van der Waals surface area contributed by atoms with Gasteiger partial charge in [-0.05, 0) is 42.2 Å². The molecule has 1 aliphatic heterocycles. The molecule has 3 aromatic rings. The van der Waals surface area contributed by atoms with E-state index in [1.54, 1.807) is 0 Å². The number of rotatable bonds is 6. The molecule has 8 heteroatoms. The number of para-hydroxylation sites is 1. The van der Waals surface area contributed by atoms with Crippen molar-refractivity contribution in [1.29, 1.82) is 0 Å². The van der Waals surface area contributed by atoms with Crippen LogP contribution in [0.1, 0.15) is 43.3 Å². The van der Waals surface area contributed by atoms with Crippen molar-refractivity contribution in [2.45, 2.75) is 49.6 Å². The van der Waals surface area contributed by atoms with E-state index in [1.165, 1.54) is 11.8 Å². The summed E-state index contributed by atoms with van der Waals surface area (Å²) in [5, 5.41) is 12.7. The highest BCUT2D eigenvalue weighted by molar-refractivity contribution is 8.00. The minimum Gasteiger partial charge on any atom is -0.325 e. The highest BCUT2D eigenvalue weighted by Crippen LogP contribution is 2.38. The van der Waals surface area contributed by atoms with Gasteiger partial charge in [0.2, 0.25) is 11.1 Å². The molecular formula is C22H24ClN5OS. The summed E-state index contributed by atoms with van der Waals surface area (Å²) in [6.07, 6.45) is 2.63. The Morgan fingerprint density at radius 3 is 2.67 bits per heavy atom. The molecule has 4 rings (SSSR count). The Balaban J connectivity index is 1.67. The number of halogens is 1. The molecule has 1 amide bonds. The van der Waals surface area contributed by atoms with Crippen molar-refractivity contribution in [3.05, 3.63) is 70.5 Å². The maximum absolute atomic E-state index is 13.4. The molecule has 156 valence electrons. The number of thioether (sulfide) groups is 1. The van der Waals surface area contributed by atoms with Gasteiger partial charge in [-0.2, -0.15) is 0 Å². The van der Waals surface area contributed by atoms with Crippen LogP contribution < -0.4 is 10.7 Å². The van der Waals surface area contributed by atoms with Crippen LogP contribution in [0.15, 0.2) is 53.7 Å². The molecule has 1 aromatic heterocycles. The van der Waals surface area contributed by atoms with Crippen molar-refractivity contribution >= 4 is 35.0 Å². The molecule has 2 heterocycles. The fraction of sp³-hybridized carbons (Fsp3) is 0.318. The van der Waals surface area contributed by atoms with E-state index >= 15 is 0 Å². The molecule has 0 radical (unpaired) electrons. The van der Waals surface area contributed by atoms with Crippen LogP contribution in [0.25, 0.3) is 0 Å². The number of nitrogens with zero attached hydrogens (tertiary/aromatic N) is 3. The van der Waals surface area contributed by atoms with Crippen molar-refractivity contribution in [3.8, 4) is 0 Å². The maximum Gasteiger partial charge on any atom is 0.240 e. The Morgan fingerprint density at radius 1 is 1.17 bits per heavy atom. The summed E-state index contributed by atoms with van der Waals surface area (Å²) in [7, 11) is 0. The Hall–Kier alpha value is -2.51. The summed E-state index contributed by atoms with van der Waals surface area (Å²) in [6, 6.07) is 15.2. The van der Waals surface area contributed by atoms with Crippen LogP contribution in [-0.4, -0.2) is 26.0 Å². The van der Waals surface area contributed by atoms with Gasteiger partial charge in [0.05, 0.1) is 6.04 Å². The van der Waals surface area contributed by atoms with Gasteiger partial charge in [0.15, 0.2) is 5.82 Å². The molecule has 6 nitrogen and oxygen atoms in total. The fourth-order valence-electron chi connectivity index (χ4n) is 3.56. The van der Waals surface area contributed by atoms with E-state index in [1.807, 2.05) is 53.2 Å². The van der Waals surface area contributed by atoms with Gasteiger partial charge in [-0.1, -0.05) is 67.5 Å². The quantitative estimate of drug-likeness (QED) is 0.572. The number of aryl methyl sites for hydroxylation is 2. The highest BCUT2D eigenvalue weighted by Gasteiger charge is 2.37. The molecule has 1 aliphatic rings. The SMILES string of the molecule is CCCc1nnc2n1N[C@H](c1ccc(Cl)cc1)[C@H](C(=O)Nc1ccccc1CC)S2. The van der Waals surface area contributed by atoms with Crippen LogP contribution in [0.4, 0.5) is 5.69 Å². The Morgan fingerprint density at radius 2 is 1.93 bits per heavy atom. The van der Waals surface area contributed by atoms with Crippen LogP contribution in [-0.2, 0) is 17.6 Å². The molecule has 0 aliphatic carbocycles. The minimum absolute atomic E-state index is 0.0698. The third kappa shape index (κ3) is 4.18. The van der Waals surface area contributed by atoms with Crippen molar-refractivity contribution in [3.63, 3.8) is 0 Å². The van der Waals surface area contributed by atoms with Crippen LogP contribution in [0.3, 0.4) is 0 Å². The van der Waals surface area contributed by atoms with Crippen molar-refractivity contribution in [1.82, 2.24) is 14.9 Å². The molecule has 0 saturated carbocycles. The number of aromatic nitrogens is 3. The predicted octanol–water partition coefficient (Wildman–Crippen LogP) is 4.84. The molecule has 0 fully saturated rings. The van der Waals surface area contributed by atoms with Gasteiger partial charge in [0.25, 0.3) is 0 Å². The summed E-state index contributed by atoms with van der Waals surface area (Å²) in [6.45, 7) is 4.19. The molecule has 0 spiro atoms. The van der Waals surface area contributed by atoms with Crippen LogP contribution in [0, 0.1) is 0 Å². The second-order valence-corrected chi connectivity index (χ2v) is 8.73. The summed E-state index contributed by atoms with van der Waals surface area (Å²) in [4.78, 5) is 13.4. The van der Waals surface area contributed by atoms with Gasteiger partial charge in [-0.15, -0.1) is 10.2 Å². The second-order valence-electron chi connectivity index (χ2n) is 7.18. The number of benzene rings is 2. The van der Waals surface area contributed by atoms with Gasteiger partial charge < -0.3 is 10.7 Å². The first-order valence-electron chi connectivity index (χ1n) is 10.1. The number of fused-ring (bicyclic) bond motifs is 1. The normalized spacial score (nSPS) is 17.8. The zero-order chi connectivity index (χ0) is 21.1. The Bertz CT molecular complexity index is 1040. The topological polar surface area (TPSA) is 71.8 Å². The lowest BCUT2D eigenvalue weighted by Crippen LogP contribution is -2.41. The largest absolute Gasteiger partial charge is 0.325 e. The van der Waals surface area contributed by atoms with Crippen molar-refractivity contribution < 1.29 is 4.79 Å². The monoisotopic (exact) mass is 441 g/mol. The molecule has 0 saturated heterocycles. The average molecular weight is 442 g/mol. The number of amides is 1. The lowest BCUT2D eigenvalue weighted by Gasteiger charge is -2.33. The number of anilines is 1. The first kappa shape index (κ1) is 20.8. The van der Waals surface area contributed by atoms with Crippen molar-refractivity contribution in [2.75, 3.05) is 10.7 Å². The maximum atomic E-state index is 13.4. The van der Waals surface area contributed by atoms with Crippen LogP contribution >= 0.6 is 23.4 Å². The Labute approximate surface area is 185 Å². The third-order valence-electron chi connectivity index (χ3n) is 5.12. The number of hydrogen-bond donors (Lipinski definition) is 2. The van der Waals surface area contributed by atoms with Gasteiger partial charge in [0, 0.05) is 17.1 Å². The average Bonchev–Trinajstić information content (AvgIpc) is 3.16. The second kappa shape index (κ2) is 9.10. The molecule has 0 unspecified atom stereocenters. The summed E-state index contributed by atoms with van der Waals surface area (Å²) in [5.74, 6) is 0.800. The summed E-state index contributed by atoms with van der Waals surface area (Å²) in [5.41, 5.74) is 6.42. The molecule has 2 aromatic carbocycles. The first-order chi connectivity index (χ1) is 14.6. The molecule has 2 atom stereocenters. The number of nitrogens with one attached hydrogen (secondary N) is 2. The molecular weight excluding hydrogens is 418 g/mol. The van der Waals surface area contributed by atoms with E-state index in [2.05, 4.69) is 34.8 Å². The summed E-state index contributed by atoms with van der Waals surface area (Å²) >= 11 is 7.52. The van der Waals surface area contributed by atoms with Gasteiger partial charge >= 0.3 is 0 Å². The lowest BCUT2D eigenvalue weighted by molar-refractivity contribution is -0.116. The van der Waals surface area contributed by atoms with E-state index < -0.39 is 5.25 Å². The molecule has 2 N–H and O–H groups in total. The zero-order valence-electron chi connectivity index (χ0n) is 16.9. The zero-order valence-corrected chi connectivity index (χ0v) is 18.5. The number of hydrogen-bond acceptors (Lipinski definition) is 5. The fourth-order valence-corrected chi connectivity index (χ4v) is 4.78. The Kier molecular flexibility index (Phi) is 6.29. The van der Waals surface area contributed by atoms with E-state index in [0.717, 1.165) is 41.9 Å². The summed E-state index contributed by atoms with van der Waals surface area (Å²) < 4.78 is 1.91. The van der Waals surface area contributed by atoms with Gasteiger partial charge in [-0.25, -0.2) is 4.68 Å². The third-order valence-corrected chi connectivity index (χ3v) is 6.59. The minimum atomic E-state index is -0.415. The van der Waals surface area contributed by atoms with Crippen LogP contribution in [0.2, 0.25) is 5.02 Å². The smallest absolute Gasteiger partial charge is 0.240 e. The highest BCUT2D eigenvalue weighted by atomic mass is 35.5. The molecule has 0 bridgehead atoms. The van der Waals surface area contributed by atoms with Crippen LogP contribution in [0.5, 0.6) is 0 Å². The van der Waals surface area contributed by atoms with Crippen molar-refractivity contribution in [2.24, 2.45) is 0 Å². The number of carbonyl (C=O) groups excluding carboxylic acids is 1. The molecule has 30 heavy (non-hydrogen) atoms. The number of carbonyl (C=O) groups is 1. The van der Waals surface area contributed by atoms with E-state index in [4.69, 9.17) is 11.6 Å².